The summed E-state index contributed by atoms with van der Waals surface area (Å²) in [6, 6.07) is 11.0. The smallest absolute Gasteiger partial charge is 0.260 e. The number of nitrogens with one attached hydrogen (secondary N) is 1. The van der Waals surface area contributed by atoms with Crippen molar-refractivity contribution in [2.75, 3.05) is 13.1 Å². The highest BCUT2D eigenvalue weighted by Crippen LogP contribution is 2.37. The van der Waals surface area contributed by atoms with Crippen molar-refractivity contribution < 1.29 is 9.52 Å². The van der Waals surface area contributed by atoms with Crippen LogP contribution in [0.1, 0.15) is 24.8 Å². The summed E-state index contributed by atoms with van der Waals surface area (Å²) in [7, 11) is 0. The van der Waals surface area contributed by atoms with Crippen molar-refractivity contribution >= 4 is 32.8 Å². The zero-order valence-corrected chi connectivity index (χ0v) is 14.4. The predicted molar refractivity (Wildman–Crippen MR) is 103 cm³/mol. The summed E-state index contributed by atoms with van der Waals surface area (Å²) in [4.78, 5) is 18.1. The molecule has 5 nitrogen and oxygen atoms in total. The number of phenolic OH excluding ortho intramolecular Hbond substituents is 1. The molecule has 3 heterocycles. The molecule has 26 heavy (non-hydrogen) atoms. The molecule has 0 radical (unpaired) electrons. The van der Waals surface area contributed by atoms with Gasteiger partial charge in [0.05, 0.1) is 10.9 Å². The van der Waals surface area contributed by atoms with Crippen molar-refractivity contribution in [2.45, 2.75) is 25.8 Å². The number of piperidine rings is 1. The molecule has 1 aliphatic heterocycles. The SMILES string of the molecule is O=c1[nH]c2ccccc2c2oc3ccc(O)c(CN4CCCCC4)c3c12. The minimum Gasteiger partial charge on any atom is -0.508 e. The Bertz CT molecular complexity index is 1180. The van der Waals surface area contributed by atoms with Crippen LogP contribution in [-0.4, -0.2) is 28.1 Å². The lowest BCUT2D eigenvalue weighted by Gasteiger charge is -2.26. The van der Waals surface area contributed by atoms with Crippen molar-refractivity contribution in [3.63, 3.8) is 0 Å². The zero-order chi connectivity index (χ0) is 17.7. The third kappa shape index (κ3) is 2.31. The van der Waals surface area contributed by atoms with Gasteiger partial charge in [0.2, 0.25) is 0 Å². The number of pyridine rings is 1. The Kier molecular flexibility index (Phi) is 3.50. The van der Waals surface area contributed by atoms with Crippen molar-refractivity contribution in [2.24, 2.45) is 0 Å². The number of phenols is 1. The zero-order valence-electron chi connectivity index (χ0n) is 14.4. The quantitative estimate of drug-likeness (QED) is 0.572. The van der Waals surface area contributed by atoms with E-state index in [-0.39, 0.29) is 11.3 Å². The summed E-state index contributed by atoms with van der Waals surface area (Å²) < 4.78 is 6.08. The van der Waals surface area contributed by atoms with Gasteiger partial charge < -0.3 is 14.5 Å². The number of likely N-dealkylation sites (tertiary alicyclic amines) is 1. The minimum atomic E-state index is -0.178. The molecule has 4 aromatic rings. The van der Waals surface area contributed by atoms with Gasteiger partial charge in [-0.2, -0.15) is 0 Å². The minimum absolute atomic E-state index is 0.178. The molecule has 132 valence electrons. The van der Waals surface area contributed by atoms with Gasteiger partial charge in [-0.05, 0) is 50.2 Å². The molecule has 1 fully saturated rings. The van der Waals surface area contributed by atoms with Gasteiger partial charge in [-0.15, -0.1) is 0 Å². The number of hydrogen-bond acceptors (Lipinski definition) is 4. The fraction of sp³-hybridized carbons (Fsp3) is 0.286. The molecule has 0 bridgehead atoms. The first-order valence-corrected chi connectivity index (χ1v) is 9.13. The maximum absolute atomic E-state index is 12.8. The molecule has 1 saturated heterocycles. The molecule has 2 aromatic heterocycles. The van der Waals surface area contributed by atoms with Gasteiger partial charge in [0.1, 0.15) is 16.9 Å². The fourth-order valence-corrected chi connectivity index (χ4v) is 4.13. The Hall–Kier alpha value is -2.79. The second-order valence-corrected chi connectivity index (χ2v) is 7.08. The average Bonchev–Trinajstić information content (AvgIpc) is 3.06. The van der Waals surface area contributed by atoms with Gasteiger partial charge in [0.25, 0.3) is 5.56 Å². The number of furan rings is 1. The first-order chi connectivity index (χ1) is 12.7. The number of nitrogens with zero attached hydrogens (tertiary/aromatic N) is 1. The average molecular weight is 348 g/mol. The van der Waals surface area contributed by atoms with Crippen LogP contribution in [0.25, 0.3) is 32.8 Å². The van der Waals surface area contributed by atoms with Gasteiger partial charge in [-0.25, -0.2) is 0 Å². The summed E-state index contributed by atoms with van der Waals surface area (Å²) in [6.45, 7) is 2.67. The van der Waals surface area contributed by atoms with E-state index in [4.69, 9.17) is 4.42 Å². The molecule has 0 saturated carbocycles. The second kappa shape index (κ2) is 5.88. The van der Waals surface area contributed by atoms with E-state index in [0.29, 0.717) is 23.1 Å². The lowest BCUT2D eigenvalue weighted by Crippen LogP contribution is -2.29. The van der Waals surface area contributed by atoms with E-state index >= 15 is 0 Å². The largest absolute Gasteiger partial charge is 0.508 e. The molecule has 0 aliphatic carbocycles. The topological polar surface area (TPSA) is 69.5 Å². The van der Waals surface area contributed by atoms with E-state index in [0.717, 1.165) is 34.9 Å². The summed E-state index contributed by atoms with van der Waals surface area (Å²) in [6.07, 6.45) is 3.61. The maximum atomic E-state index is 12.8. The van der Waals surface area contributed by atoms with Crippen LogP contribution in [0.2, 0.25) is 0 Å². The summed E-state index contributed by atoms with van der Waals surface area (Å²) in [5.74, 6) is 0.221. The van der Waals surface area contributed by atoms with Crippen molar-refractivity contribution in [3.8, 4) is 5.75 Å². The molecule has 2 aromatic carbocycles. The van der Waals surface area contributed by atoms with Crippen molar-refractivity contribution in [1.29, 1.82) is 0 Å². The van der Waals surface area contributed by atoms with Gasteiger partial charge in [0, 0.05) is 22.9 Å². The van der Waals surface area contributed by atoms with Gasteiger partial charge >= 0.3 is 0 Å². The molecular formula is C21H20N2O3. The van der Waals surface area contributed by atoms with E-state index in [9.17, 15) is 9.90 Å². The van der Waals surface area contributed by atoms with Crippen molar-refractivity contribution in [1.82, 2.24) is 9.88 Å². The normalized spacial score (nSPS) is 16.0. The number of benzene rings is 2. The molecule has 0 spiro atoms. The molecule has 5 heteroatoms. The van der Waals surface area contributed by atoms with E-state index in [1.54, 1.807) is 12.1 Å². The lowest BCUT2D eigenvalue weighted by molar-refractivity contribution is 0.219. The standard InChI is InChI=1S/C21H20N2O3/c24-16-8-9-17-18(14(16)12-23-10-4-1-5-11-23)19-20(26-17)13-6-2-3-7-15(13)22-21(19)25/h2-3,6-9,24H,1,4-5,10-12H2,(H,22,25). The Balaban J connectivity index is 1.82. The molecular weight excluding hydrogens is 328 g/mol. The monoisotopic (exact) mass is 348 g/mol. The van der Waals surface area contributed by atoms with Gasteiger partial charge in [-0.3, -0.25) is 9.69 Å². The Morgan fingerprint density at radius 1 is 1.04 bits per heavy atom. The molecule has 5 rings (SSSR count). The Morgan fingerprint density at radius 3 is 2.69 bits per heavy atom. The van der Waals surface area contributed by atoms with Crippen LogP contribution in [0.3, 0.4) is 0 Å². The summed E-state index contributed by atoms with van der Waals surface area (Å²) >= 11 is 0. The van der Waals surface area contributed by atoms with E-state index in [1.807, 2.05) is 24.3 Å². The molecule has 1 aliphatic rings. The number of hydrogen-bond donors (Lipinski definition) is 2. The highest BCUT2D eigenvalue weighted by atomic mass is 16.3. The van der Waals surface area contributed by atoms with Crippen LogP contribution in [0.15, 0.2) is 45.6 Å². The van der Waals surface area contributed by atoms with Crippen LogP contribution >= 0.6 is 0 Å². The highest BCUT2D eigenvalue weighted by molar-refractivity contribution is 6.14. The first-order valence-electron chi connectivity index (χ1n) is 9.13. The highest BCUT2D eigenvalue weighted by Gasteiger charge is 2.21. The number of aromatic hydroxyl groups is 1. The van der Waals surface area contributed by atoms with Gasteiger partial charge in [-0.1, -0.05) is 18.6 Å². The fourth-order valence-electron chi connectivity index (χ4n) is 4.13. The number of aromatic nitrogens is 1. The maximum Gasteiger partial charge on any atom is 0.260 e. The Morgan fingerprint density at radius 2 is 1.85 bits per heavy atom. The van der Waals surface area contributed by atoms with Crippen LogP contribution in [-0.2, 0) is 6.54 Å². The number of H-pyrrole nitrogens is 1. The first kappa shape index (κ1) is 15.5. The number of rotatable bonds is 2. The van der Waals surface area contributed by atoms with Crippen LogP contribution in [0.4, 0.5) is 0 Å². The summed E-state index contributed by atoms with van der Waals surface area (Å²) in [5.41, 5.74) is 2.59. The number of aromatic amines is 1. The third-order valence-electron chi connectivity index (χ3n) is 5.42. The number of para-hydroxylation sites is 1. The van der Waals surface area contributed by atoms with E-state index in [1.165, 1.54) is 19.3 Å². The van der Waals surface area contributed by atoms with E-state index < -0.39 is 0 Å². The van der Waals surface area contributed by atoms with E-state index in [2.05, 4.69) is 9.88 Å². The van der Waals surface area contributed by atoms with Gasteiger partial charge in [0.15, 0.2) is 0 Å². The Labute approximate surface area is 149 Å². The molecule has 0 amide bonds. The third-order valence-corrected chi connectivity index (χ3v) is 5.42. The summed E-state index contributed by atoms with van der Waals surface area (Å²) in [5, 5.41) is 12.7. The van der Waals surface area contributed by atoms with Crippen LogP contribution in [0, 0.1) is 0 Å². The lowest BCUT2D eigenvalue weighted by atomic mass is 10.0. The number of fused-ring (bicyclic) bond motifs is 5. The molecule has 0 atom stereocenters. The molecule has 2 N–H and O–H groups in total. The predicted octanol–water partition coefficient (Wildman–Crippen LogP) is 4.12. The van der Waals surface area contributed by atoms with Crippen LogP contribution < -0.4 is 5.56 Å². The second-order valence-electron chi connectivity index (χ2n) is 7.08. The molecule has 0 unspecified atom stereocenters. The van der Waals surface area contributed by atoms with Crippen molar-refractivity contribution in [3.05, 3.63) is 52.3 Å². The van der Waals surface area contributed by atoms with Crippen LogP contribution in [0.5, 0.6) is 5.75 Å².